The van der Waals surface area contributed by atoms with Gasteiger partial charge in [-0.25, -0.2) is 4.39 Å². The van der Waals surface area contributed by atoms with Gasteiger partial charge in [0.15, 0.2) is 11.6 Å². The number of halogens is 1. The normalized spacial score (nSPS) is 16.9. The van der Waals surface area contributed by atoms with Crippen LogP contribution >= 0.6 is 0 Å². The Labute approximate surface area is 102 Å². The van der Waals surface area contributed by atoms with Crippen molar-refractivity contribution in [3.63, 3.8) is 0 Å². The molecule has 0 saturated heterocycles. The van der Waals surface area contributed by atoms with E-state index in [0.29, 0.717) is 18.3 Å². The molecule has 1 atom stereocenters. The minimum Gasteiger partial charge on any atom is -0.490 e. The van der Waals surface area contributed by atoms with Crippen LogP contribution < -0.4 is 10.1 Å². The largest absolute Gasteiger partial charge is 0.490 e. The molecule has 1 fully saturated rings. The van der Waals surface area contributed by atoms with Crippen molar-refractivity contribution in [3.05, 3.63) is 29.6 Å². The molecule has 0 spiro atoms. The molecule has 2 nitrogen and oxygen atoms in total. The topological polar surface area (TPSA) is 21.3 Å². The summed E-state index contributed by atoms with van der Waals surface area (Å²) < 4.78 is 19.4. The first-order chi connectivity index (χ1) is 8.22. The van der Waals surface area contributed by atoms with Crippen LogP contribution in [0.1, 0.15) is 38.3 Å². The number of hydrogen-bond acceptors (Lipinski definition) is 2. The minimum atomic E-state index is -0.257. The molecule has 1 aliphatic carbocycles. The van der Waals surface area contributed by atoms with E-state index in [1.165, 1.54) is 18.9 Å². The predicted molar refractivity (Wildman–Crippen MR) is 66.7 cm³/mol. The van der Waals surface area contributed by atoms with Crippen molar-refractivity contribution in [3.8, 4) is 5.75 Å². The molecule has 2 rings (SSSR count). The highest BCUT2D eigenvalue weighted by Crippen LogP contribution is 2.33. The number of hydrogen-bond donors (Lipinski definition) is 1. The number of ether oxygens (including phenoxy) is 1. The van der Waals surface area contributed by atoms with Gasteiger partial charge in [0.1, 0.15) is 0 Å². The molecule has 17 heavy (non-hydrogen) atoms. The summed E-state index contributed by atoms with van der Waals surface area (Å²) in [5.74, 6) is 0.803. The van der Waals surface area contributed by atoms with Gasteiger partial charge in [-0.3, -0.25) is 0 Å². The summed E-state index contributed by atoms with van der Waals surface area (Å²) in [6.45, 7) is 5.58. The molecule has 1 N–H and O–H groups in total. The zero-order valence-corrected chi connectivity index (χ0v) is 10.5. The van der Waals surface area contributed by atoms with Crippen LogP contribution in [0.25, 0.3) is 0 Å². The fourth-order valence-electron chi connectivity index (χ4n) is 1.92. The Morgan fingerprint density at radius 3 is 2.88 bits per heavy atom. The fraction of sp³-hybridized carbons (Fsp3) is 0.571. The van der Waals surface area contributed by atoms with E-state index >= 15 is 0 Å². The maximum absolute atomic E-state index is 13.8. The molecular weight excluding hydrogens is 217 g/mol. The maximum atomic E-state index is 13.8. The first-order valence-corrected chi connectivity index (χ1v) is 6.37. The van der Waals surface area contributed by atoms with Crippen molar-refractivity contribution < 1.29 is 9.13 Å². The number of nitrogens with one attached hydrogen (secondary N) is 1. The van der Waals surface area contributed by atoms with Crippen LogP contribution in [0.3, 0.4) is 0 Å². The molecule has 1 aromatic carbocycles. The van der Waals surface area contributed by atoms with Gasteiger partial charge >= 0.3 is 0 Å². The molecule has 94 valence electrons. The number of benzene rings is 1. The van der Waals surface area contributed by atoms with Gasteiger partial charge in [0, 0.05) is 11.6 Å². The van der Waals surface area contributed by atoms with Gasteiger partial charge in [0.05, 0.1) is 6.61 Å². The van der Waals surface area contributed by atoms with Crippen molar-refractivity contribution in [1.29, 1.82) is 0 Å². The lowest BCUT2D eigenvalue weighted by molar-refractivity contribution is 0.279. The van der Waals surface area contributed by atoms with Crippen LogP contribution in [0.4, 0.5) is 4.39 Å². The average Bonchev–Trinajstić information content (AvgIpc) is 3.11. The lowest BCUT2D eigenvalue weighted by atomic mass is 10.1. The minimum absolute atomic E-state index is 0.116. The zero-order chi connectivity index (χ0) is 12.3. The van der Waals surface area contributed by atoms with Gasteiger partial charge in [-0.1, -0.05) is 19.1 Å². The molecule has 1 aromatic rings. The Morgan fingerprint density at radius 2 is 2.24 bits per heavy atom. The Hall–Kier alpha value is -1.09. The summed E-state index contributed by atoms with van der Waals surface area (Å²) in [6.07, 6.45) is 2.43. The van der Waals surface area contributed by atoms with Gasteiger partial charge in [-0.2, -0.15) is 0 Å². The Bertz CT molecular complexity index is 376. The number of para-hydroxylation sites is 1. The van der Waals surface area contributed by atoms with E-state index in [-0.39, 0.29) is 11.9 Å². The maximum Gasteiger partial charge on any atom is 0.165 e. The van der Waals surface area contributed by atoms with Crippen molar-refractivity contribution in [1.82, 2.24) is 5.32 Å². The first-order valence-electron chi connectivity index (χ1n) is 6.37. The molecular formula is C14H20FNO. The van der Waals surface area contributed by atoms with Crippen molar-refractivity contribution in [2.45, 2.75) is 32.7 Å². The molecule has 0 amide bonds. The van der Waals surface area contributed by atoms with Gasteiger partial charge in [0.25, 0.3) is 0 Å². The predicted octanol–water partition coefficient (Wildman–Crippen LogP) is 3.29. The second-order valence-corrected chi connectivity index (χ2v) is 4.69. The van der Waals surface area contributed by atoms with Crippen LogP contribution in [0.15, 0.2) is 18.2 Å². The highest BCUT2D eigenvalue weighted by Gasteiger charge is 2.23. The van der Waals surface area contributed by atoms with Crippen molar-refractivity contribution in [2.24, 2.45) is 5.92 Å². The van der Waals surface area contributed by atoms with E-state index < -0.39 is 0 Å². The quantitative estimate of drug-likeness (QED) is 0.819. The Kier molecular flexibility index (Phi) is 4.00. The third-order valence-corrected chi connectivity index (χ3v) is 3.13. The van der Waals surface area contributed by atoms with Crippen molar-refractivity contribution in [2.75, 3.05) is 13.2 Å². The lowest BCUT2D eigenvalue weighted by Crippen LogP contribution is -2.19. The summed E-state index contributed by atoms with van der Waals surface area (Å²) in [4.78, 5) is 0. The van der Waals surface area contributed by atoms with Crippen LogP contribution in [0.2, 0.25) is 0 Å². The molecule has 0 aromatic heterocycles. The molecule has 1 aliphatic rings. The van der Waals surface area contributed by atoms with Crippen LogP contribution in [-0.2, 0) is 0 Å². The molecule has 1 saturated carbocycles. The second-order valence-electron chi connectivity index (χ2n) is 4.69. The van der Waals surface area contributed by atoms with Crippen molar-refractivity contribution >= 4 is 0 Å². The van der Waals surface area contributed by atoms with Gasteiger partial charge in [-0.15, -0.1) is 0 Å². The van der Waals surface area contributed by atoms with Gasteiger partial charge in [0.2, 0.25) is 0 Å². The average molecular weight is 237 g/mol. The number of rotatable bonds is 6. The van der Waals surface area contributed by atoms with E-state index in [9.17, 15) is 4.39 Å². The summed E-state index contributed by atoms with van der Waals surface area (Å²) >= 11 is 0. The van der Waals surface area contributed by atoms with Gasteiger partial charge in [-0.05, 0) is 38.3 Å². The Morgan fingerprint density at radius 1 is 1.47 bits per heavy atom. The molecule has 1 unspecified atom stereocenters. The summed E-state index contributed by atoms with van der Waals surface area (Å²) in [5.41, 5.74) is 0.910. The molecule has 3 heteroatoms. The summed E-state index contributed by atoms with van der Waals surface area (Å²) in [7, 11) is 0. The van der Waals surface area contributed by atoms with E-state index in [0.717, 1.165) is 12.1 Å². The zero-order valence-electron chi connectivity index (χ0n) is 10.5. The lowest BCUT2D eigenvalue weighted by Gasteiger charge is -2.18. The molecule has 0 bridgehead atoms. The van der Waals surface area contributed by atoms with Crippen LogP contribution in [-0.4, -0.2) is 13.2 Å². The third-order valence-electron chi connectivity index (χ3n) is 3.13. The molecule has 0 aliphatic heterocycles. The summed E-state index contributed by atoms with van der Waals surface area (Å²) in [5, 5.41) is 3.29. The smallest absolute Gasteiger partial charge is 0.165 e. The summed E-state index contributed by atoms with van der Waals surface area (Å²) in [6, 6.07) is 5.25. The van der Waals surface area contributed by atoms with E-state index in [1.54, 1.807) is 6.07 Å². The SMILES string of the molecule is CCNC(C)c1cccc(F)c1OCC1CC1. The standard InChI is InChI=1S/C14H20FNO/c1-3-16-10(2)12-5-4-6-13(15)14(12)17-9-11-7-8-11/h4-6,10-11,16H,3,7-9H2,1-2H3. The fourth-order valence-corrected chi connectivity index (χ4v) is 1.92. The molecule has 0 radical (unpaired) electrons. The third kappa shape index (κ3) is 3.19. The first kappa shape index (κ1) is 12.4. The second kappa shape index (κ2) is 5.50. The van der Waals surface area contributed by atoms with E-state index in [4.69, 9.17) is 4.74 Å². The van der Waals surface area contributed by atoms with Crippen LogP contribution in [0, 0.1) is 11.7 Å². The monoisotopic (exact) mass is 237 g/mol. The highest BCUT2D eigenvalue weighted by atomic mass is 19.1. The highest BCUT2D eigenvalue weighted by molar-refractivity contribution is 5.37. The molecule has 0 heterocycles. The Balaban J connectivity index is 2.13. The van der Waals surface area contributed by atoms with Gasteiger partial charge < -0.3 is 10.1 Å². The van der Waals surface area contributed by atoms with E-state index in [1.807, 2.05) is 19.9 Å². The van der Waals surface area contributed by atoms with E-state index in [2.05, 4.69) is 5.32 Å². The van der Waals surface area contributed by atoms with Crippen LogP contribution in [0.5, 0.6) is 5.75 Å².